The van der Waals surface area contributed by atoms with Crippen molar-refractivity contribution in [2.45, 2.75) is 12.5 Å². The van der Waals surface area contributed by atoms with E-state index in [1.165, 1.54) is 0 Å². The quantitative estimate of drug-likeness (QED) is 0.717. The first-order valence-corrected chi connectivity index (χ1v) is 7.66. The minimum atomic E-state index is -0.103. The average molecular weight is 330 g/mol. The number of rotatable bonds is 6. The van der Waals surface area contributed by atoms with Crippen molar-refractivity contribution < 1.29 is 9.63 Å². The Balaban J connectivity index is 1.79. The molecular formula is C17H16ClN3O2. The summed E-state index contributed by atoms with van der Waals surface area (Å²) in [5.74, 6) is 0.464. The van der Waals surface area contributed by atoms with E-state index in [-0.39, 0.29) is 12.6 Å². The number of hydrogen-bond acceptors (Lipinski definition) is 5. The highest BCUT2D eigenvalue weighted by Gasteiger charge is 2.15. The Morgan fingerprint density at radius 2 is 1.96 bits per heavy atom. The van der Waals surface area contributed by atoms with Crippen LogP contribution in [0, 0.1) is 0 Å². The van der Waals surface area contributed by atoms with Crippen molar-refractivity contribution >= 4 is 17.6 Å². The molecule has 0 fully saturated rings. The third kappa shape index (κ3) is 3.88. The number of benzene rings is 2. The molecule has 23 heavy (non-hydrogen) atoms. The highest BCUT2D eigenvalue weighted by atomic mass is 35.5. The van der Waals surface area contributed by atoms with Gasteiger partial charge in [0.1, 0.15) is 0 Å². The summed E-state index contributed by atoms with van der Waals surface area (Å²) in [6.45, 7) is 0.0574. The number of aromatic nitrogens is 2. The molecule has 0 bridgehead atoms. The highest BCUT2D eigenvalue weighted by molar-refractivity contribution is 6.30. The van der Waals surface area contributed by atoms with Gasteiger partial charge in [-0.05, 0) is 24.1 Å². The van der Waals surface area contributed by atoms with Crippen LogP contribution in [0.4, 0.5) is 6.01 Å². The van der Waals surface area contributed by atoms with Crippen molar-refractivity contribution in [2.75, 3.05) is 11.9 Å². The summed E-state index contributed by atoms with van der Waals surface area (Å²) < 4.78 is 5.26. The average Bonchev–Trinajstić information content (AvgIpc) is 3.04. The van der Waals surface area contributed by atoms with Crippen LogP contribution < -0.4 is 5.32 Å². The van der Waals surface area contributed by atoms with Gasteiger partial charge in [-0.2, -0.15) is 4.98 Å². The molecule has 2 N–H and O–H groups in total. The third-order valence-electron chi connectivity index (χ3n) is 3.43. The molecule has 1 aromatic heterocycles. The number of aliphatic hydroxyl groups excluding tert-OH is 1. The summed E-state index contributed by atoms with van der Waals surface area (Å²) >= 11 is 5.98. The molecule has 2 aromatic carbocycles. The van der Waals surface area contributed by atoms with E-state index in [4.69, 9.17) is 16.1 Å². The molecule has 0 aliphatic rings. The van der Waals surface area contributed by atoms with Gasteiger partial charge in [-0.15, -0.1) is 0 Å². The predicted molar refractivity (Wildman–Crippen MR) is 89.3 cm³/mol. The number of nitrogens with one attached hydrogen (secondary N) is 1. The van der Waals surface area contributed by atoms with Crippen LogP contribution in [0.3, 0.4) is 0 Å². The van der Waals surface area contributed by atoms with Crippen molar-refractivity contribution in [2.24, 2.45) is 0 Å². The predicted octanol–water partition coefficient (Wildman–Crippen LogP) is 3.93. The van der Waals surface area contributed by atoms with Crippen molar-refractivity contribution in [3.63, 3.8) is 0 Å². The van der Waals surface area contributed by atoms with Crippen molar-refractivity contribution in [3.8, 4) is 11.4 Å². The molecule has 0 radical (unpaired) electrons. The zero-order valence-electron chi connectivity index (χ0n) is 12.3. The van der Waals surface area contributed by atoms with E-state index in [2.05, 4.69) is 15.5 Å². The maximum atomic E-state index is 9.27. The topological polar surface area (TPSA) is 71.2 Å². The van der Waals surface area contributed by atoms with Gasteiger partial charge in [0.05, 0.1) is 6.04 Å². The zero-order valence-corrected chi connectivity index (χ0v) is 13.1. The van der Waals surface area contributed by atoms with Crippen LogP contribution in [0.2, 0.25) is 5.02 Å². The summed E-state index contributed by atoms with van der Waals surface area (Å²) in [7, 11) is 0. The first kappa shape index (κ1) is 15.5. The van der Waals surface area contributed by atoms with E-state index in [9.17, 15) is 5.11 Å². The first-order chi connectivity index (χ1) is 11.3. The number of nitrogens with zero attached hydrogens (tertiary/aromatic N) is 2. The van der Waals surface area contributed by atoms with Gasteiger partial charge in [0.25, 0.3) is 0 Å². The normalized spacial score (nSPS) is 12.1. The van der Waals surface area contributed by atoms with E-state index >= 15 is 0 Å². The fourth-order valence-electron chi connectivity index (χ4n) is 2.31. The molecule has 3 rings (SSSR count). The summed E-state index contributed by atoms with van der Waals surface area (Å²) in [6, 6.07) is 17.3. The van der Waals surface area contributed by atoms with Gasteiger partial charge in [-0.1, -0.05) is 59.2 Å². The molecule has 0 spiro atoms. The number of aliphatic hydroxyl groups is 1. The molecule has 0 saturated heterocycles. The molecule has 1 atom stereocenters. The fraction of sp³-hybridized carbons (Fsp3) is 0.176. The molecule has 6 heteroatoms. The Morgan fingerprint density at radius 1 is 1.13 bits per heavy atom. The molecule has 0 aliphatic heterocycles. The molecule has 0 aliphatic carbocycles. The van der Waals surface area contributed by atoms with Gasteiger partial charge in [0.2, 0.25) is 5.82 Å². The van der Waals surface area contributed by atoms with E-state index < -0.39 is 0 Å². The largest absolute Gasteiger partial charge is 0.396 e. The van der Waals surface area contributed by atoms with Crippen LogP contribution in [0.5, 0.6) is 0 Å². The third-order valence-corrected chi connectivity index (χ3v) is 3.66. The molecule has 3 aromatic rings. The Kier molecular flexibility index (Phi) is 4.90. The van der Waals surface area contributed by atoms with Crippen LogP contribution >= 0.6 is 11.6 Å². The van der Waals surface area contributed by atoms with E-state index in [1.54, 1.807) is 12.1 Å². The van der Waals surface area contributed by atoms with E-state index in [1.807, 2.05) is 42.5 Å². The van der Waals surface area contributed by atoms with Crippen LogP contribution in [0.15, 0.2) is 59.1 Å². The Hall–Kier alpha value is -2.37. The molecule has 1 heterocycles. The standard InChI is InChI=1S/C17H16ClN3O2/c18-14-8-4-7-13(11-14)16-20-17(23-21-16)19-15(9-10-22)12-5-2-1-3-6-12/h1-8,11,15,22H,9-10H2,(H,19,20,21)/t15-/m1/s1. The SMILES string of the molecule is OCC[C@@H](Nc1nc(-c2cccc(Cl)c2)no1)c1ccccc1. The van der Waals surface area contributed by atoms with E-state index in [0.717, 1.165) is 11.1 Å². The lowest BCUT2D eigenvalue weighted by Crippen LogP contribution is -2.12. The summed E-state index contributed by atoms with van der Waals surface area (Å²) in [5, 5.41) is 17.0. The second-order valence-corrected chi connectivity index (χ2v) is 5.49. The summed E-state index contributed by atoms with van der Waals surface area (Å²) in [6.07, 6.45) is 0.541. The number of halogens is 1. The summed E-state index contributed by atoms with van der Waals surface area (Å²) in [5.41, 5.74) is 1.83. The van der Waals surface area contributed by atoms with E-state index in [0.29, 0.717) is 23.3 Å². The van der Waals surface area contributed by atoms with Gasteiger partial charge in [0.15, 0.2) is 0 Å². The second kappa shape index (κ2) is 7.26. The number of hydrogen-bond donors (Lipinski definition) is 2. The van der Waals surface area contributed by atoms with Crippen molar-refractivity contribution in [1.29, 1.82) is 0 Å². The monoisotopic (exact) mass is 329 g/mol. The zero-order chi connectivity index (χ0) is 16.1. The van der Waals surface area contributed by atoms with Crippen molar-refractivity contribution in [3.05, 3.63) is 65.2 Å². The molecule has 0 saturated carbocycles. The van der Waals surface area contributed by atoms with Crippen molar-refractivity contribution in [1.82, 2.24) is 10.1 Å². The Bertz CT molecular complexity index is 761. The highest BCUT2D eigenvalue weighted by Crippen LogP contribution is 2.24. The van der Waals surface area contributed by atoms with Crippen LogP contribution in [-0.4, -0.2) is 21.9 Å². The molecular weight excluding hydrogens is 314 g/mol. The smallest absolute Gasteiger partial charge is 0.322 e. The lowest BCUT2D eigenvalue weighted by atomic mass is 10.0. The lowest BCUT2D eigenvalue weighted by Gasteiger charge is -2.16. The second-order valence-electron chi connectivity index (χ2n) is 5.05. The molecule has 0 amide bonds. The van der Waals surface area contributed by atoms with Crippen LogP contribution in [0.1, 0.15) is 18.0 Å². The Labute approximate surface area is 138 Å². The maximum absolute atomic E-state index is 9.27. The van der Waals surface area contributed by atoms with Gasteiger partial charge in [0, 0.05) is 17.2 Å². The lowest BCUT2D eigenvalue weighted by molar-refractivity contribution is 0.278. The van der Waals surface area contributed by atoms with Crippen LogP contribution in [0.25, 0.3) is 11.4 Å². The van der Waals surface area contributed by atoms with Crippen LogP contribution in [-0.2, 0) is 0 Å². The molecule has 5 nitrogen and oxygen atoms in total. The van der Waals surface area contributed by atoms with Gasteiger partial charge >= 0.3 is 6.01 Å². The fourth-order valence-corrected chi connectivity index (χ4v) is 2.50. The Morgan fingerprint density at radius 3 is 2.70 bits per heavy atom. The molecule has 0 unspecified atom stereocenters. The first-order valence-electron chi connectivity index (χ1n) is 7.28. The summed E-state index contributed by atoms with van der Waals surface area (Å²) in [4.78, 5) is 4.34. The van der Waals surface area contributed by atoms with Gasteiger partial charge in [-0.25, -0.2) is 0 Å². The number of anilines is 1. The maximum Gasteiger partial charge on any atom is 0.322 e. The van der Waals surface area contributed by atoms with Gasteiger partial charge in [-0.3, -0.25) is 0 Å². The molecule has 118 valence electrons. The minimum absolute atomic E-state index is 0.0574. The minimum Gasteiger partial charge on any atom is -0.396 e. The van der Waals surface area contributed by atoms with Gasteiger partial charge < -0.3 is 14.9 Å².